The maximum atomic E-state index is 11.5. The van der Waals surface area contributed by atoms with Crippen LogP contribution in [0.1, 0.15) is 30.1 Å². The van der Waals surface area contributed by atoms with Crippen LogP contribution in [0.4, 0.5) is 11.4 Å². The third-order valence-electron chi connectivity index (χ3n) is 3.73. The Hall–Kier alpha value is -1.60. The van der Waals surface area contributed by atoms with Gasteiger partial charge in [-0.15, -0.1) is 0 Å². The van der Waals surface area contributed by atoms with E-state index in [0.29, 0.717) is 24.3 Å². The third-order valence-corrected chi connectivity index (χ3v) is 5.03. The largest absolute Gasteiger partial charge is 0.398 e. The molecule has 0 radical (unpaired) electrons. The van der Waals surface area contributed by atoms with E-state index in [-0.39, 0.29) is 11.8 Å². The van der Waals surface area contributed by atoms with Crippen LogP contribution < -0.4 is 11.1 Å². The number of benzene rings is 1. The van der Waals surface area contributed by atoms with Gasteiger partial charge in [-0.3, -0.25) is 4.79 Å². The van der Waals surface area contributed by atoms with Crippen LogP contribution in [-0.2, 0) is 10.0 Å². The van der Waals surface area contributed by atoms with Crippen LogP contribution in [0.5, 0.6) is 0 Å². The molecule has 1 aromatic carbocycles. The van der Waals surface area contributed by atoms with Crippen LogP contribution in [0, 0.1) is 0 Å². The number of ketones is 1. The fraction of sp³-hybridized carbons (Fsp3) is 0.500. The van der Waals surface area contributed by atoms with Gasteiger partial charge in [0.1, 0.15) is 0 Å². The zero-order chi connectivity index (χ0) is 15.6. The fourth-order valence-corrected chi connectivity index (χ4v) is 3.39. The lowest BCUT2D eigenvalue weighted by Crippen LogP contribution is -2.41. The smallest absolute Gasteiger partial charge is 0.211 e. The summed E-state index contributed by atoms with van der Waals surface area (Å²) >= 11 is 0. The second kappa shape index (κ2) is 6.03. The summed E-state index contributed by atoms with van der Waals surface area (Å²) in [6.07, 6.45) is 2.72. The van der Waals surface area contributed by atoms with Crippen molar-refractivity contribution in [3.05, 3.63) is 23.8 Å². The highest BCUT2D eigenvalue weighted by Crippen LogP contribution is 2.22. The highest BCUT2D eigenvalue weighted by Gasteiger charge is 2.24. The van der Waals surface area contributed by atoms with Crippen molar-refractivity contribution >= 4 is 27.2 Å². The molecule has 0 aliphatic carbocycles. The van der Waals surface area contributed by atoms with Crippen molar-refractivity contribution in [1.29, 1.82) is 0 Å². The maximum absolute atomic E-state index is 11.5. The summed E-state index contributed by atoms with van der Waals surface area (Å²) in [6, 6.07) is 5.50. The molecule has 1 aliphatic heterocycles. The molecule has 3 N–H and O–H groups in total. The lowest BCUT2D eigenvalue weighted by atomic mass is 10.0. The number of carbonyl (C=O) groups is 1. The number of nitrogen functional groups attached to an aromatic ring is 1. The van der Waals surface area contributed by atoms with Crippen molar-refractivity contribution < 1.29 is 13.2 Å². The van der Waals surface area contributed by atoms with E-state index >= 15 is 0 Å². The van der Waals surface area contributed by atoms with E-state index in [1.54, 1.807) is 12.1 Å². The molecule has 0 bridgehead atoms. The Labute approximate surface area is 125 Å². The zero-order valence-corrected chi connectivity index (χ0v) is 13.1. The molecule has 0 unspecified atom stereocenters. The Bertz CT molecular complexity index is 635. The number of sulfonamides is 1. The van der Waals surface area contributed by atoms with Crippen LogP contribution in [0.15, 0.2) is 18.2 Å². The number of anilines is 2. The van der Waals surface area contributed by atoms with Gasteiger partial charge >= 0.3 is 0 Å². The van der Waals surface area contributed by atoms with E-state index in [4.69, 9.17) is 5.73 Å². The van der Waals surface area contributed by atoms with Gasteiger partial charge in [0.05, 0.1) is 6.26 Å². The molecule has 6 nitrogen and oxygen atoms in total. The second-order valence-corrected chi connectivity index (χ2v) is 7.42. The van der Waals surface area contributed by atoms with Crippen molar-refractivity contribution in [3.8, 4) is 0 Å². The molecule has 0 amide bonds. The summed E-state index contributed by atoms with van der Waals surface area (Å²) in [7, 11) is -3.10. The van der Waals surface area contributed by atoms with Crippen molar-refractivity contribution in [1.82, 2.24) is 4.31 Å². The zero-order valence-electron chi connectivity index (χ0n) is 12.3. The van der Waals surface area contributed by atoms with E-state index in [0.717, 1.165) is 18.5 Å². The minimum Gasteiger partial charge on any atom is -0.398 e. The number of nitrogens with two attached hydrogens (primary N) is 1. The van der Waals surface area contributed by atoms with E-state index in [1.807, 2.05) is 6.07 Å². The second-order valence-electron chi connectivity index (χ2n) is 5.44. The van der Waals surface area contributed by atoms with Crippen molar-refractivity contribution in [2.24, 2.45) is 0 Å². The molecular formula is C14H21N3O3S. The monoisotopic (exact) mass is 311 g/mol. The number of rotatable bonds is 4. The average molecular weight is 311 g/mol. The number of hydrogen-bond acceptors (Lipinski definition) is 5. The number of carbonyl (C=O) groups excluding carboxylic acids is 1. The Morgan fingerprint density at radius 1 is 1.33 bits per heavy atom. The first kappa shape index (κ1) is 15.8. The Morgan fingerprint density at radius 2 is 1.95 bits per heavy atom. The molecule has 1 saturated heterocycles. The Kier molecular flexibility index (Phi) is 4.53. The molecule has 1 aliphatic rings. The number of hydrogen-bond donors (Lipinski definition) is 2. The van der Waals surface area contributed by atoms with Crippen LogP contribution in [-0.4, -0.2) is 43.9 Å². The van der Waals surface area contributed by atoms with Gasteiger partial charge < -0.3 is 11.1 Å². The molecule has 1 heterocycles. The summed E-state index contributed by atoms with van der Waals surface area (Å²) in [6.45, 7) is 2.52. The van der Waals surface area contributed by atoms with Gasteiger partial charge in [-0.25, -0.2) is 12.7 Å². The first-order chi connectivity index (χ1) is 9.77. The first-order valence-electron chi connectivity index (χ1n) is 6.89. The lowest BCUT2D eigenvalue weighted by Gasteiger charge is -2.31. The predicted octanol–water partition coefficient (Wildman–Crippen LogP) is 1.31. The summed E-state index contributed by atoms with van der Waals surface area (Å²) in [5, 5.41) is 3.35. The van der Waals surface area contributed by atoms with Crippen LogP contribution >= 0.6 is 0 Å². The summed E-state index contributed by atoms with van der Waals surface area (Å²) < 4.78 is 24.4. The molecule has 1 aromatic rings. The van der Waals surface area contributed by atoms with Gasteiger partial charge in [-0.1, -0.05) is 0 Å². The quantitative estimate of drug-likeness (QED) is 0.646. The van der Waals surface area contributed by atoms with Gasteiger partial charge in [0.25, 0.3) is 0 Å². The molecule has 116 valence electrons. The van der Waals surface area contributed by atoms with Gasteiger partial charge in [0.2, 0.25) is 10.0 Å². The number of nitrogens with zero attached hydrogens (tertiary/aromatic N) is 1. The Balaban J connectivity index is 2.01. The molecule has 1 fully saturated rings. The third kappa shape index (κ3) is 3.95. The van der Waals surface area contributed by atoms with Crippen molar-refractivity contribution in [3.63, 3.8) is 0 Å². The number of piperidine rings is 1. The average Bonchev–Trinajstić information content (AvgIpc) is 2.40. The van der Waals surface area contributed by atoms with E-state index < -0.39 is 10.0 Å². The fourth-order valence-electron chi connectivity index (χ4n) is 2.52. The van der Waals surface area contributed by atoms with Crippen molar-refractivity contribution in [2.45, 2.75) is 25.8 Å². The van der Waals surface area contributed by atoms with E-state index in [2.05, 4.69) is 5.32 Å². The molecule has 7 heteroatoms. The number of Topliss-reactive ketones (excluding diaryl/α,β-unsaturated/α-hetero) is 1. The normalized spacial score (nSPS) is 17.6. The molecule has 0 aromatic heterocycles. The van der Waals surface area contributed by atoms with Crippen molar-refractivity contribution in [2.75, 3.05) is 30.4 Å². The molecular weight excluding hydrogens is 290 g/mol. The molecule has 0 atom stereocenters. The number of nitrogens with one attached hydrogen (secondary N) is 1. The van der Waals surface area contributed by atoms with Crippen LogP contribution in [0.2, 0.25) is 0 Å². The van der Waals surface area contributed by atoms with Crippen LogP contribution in [0.25, 0.3) is 0 Å². The van der Waals surface area contributed by atoms with Gasteiger partial charge in [-0.2, -0.15) is 0 Å². The summed E-state index contributed by atoms with van der Waals surface area (Å²) in [5.74, 6) is -0.0666. The minimum atomic E-state index is -3.10. The highest BCUT2D eigenvalue weighted by atomic mass is 32.2. The van der Waals surface area contributed by atoms with E-state index in [9.17, 15) is 13.2 Å². The summed E-state index contributed by atoms with van der Waals surface area (Å²) in [4.78, 5) is 11.5. The SMILES string of the molecule is CC(=O)c1cc(NC2CCN(S(C)(=O)=O)CC2)ccc1N. The maximum Gasteiger partial charge on any atom is 0.211 e. The lowest BCUT2D eigenvalue weighted by molar-refractivity contribution is 0.101. The minimum absolute atomic E-state index is 0.0666. The molecule has 0 spiro atoms. The first-order valence-corrected chi connectivity index (χ1v) is 8.74. The summed E-state index contributed by atoms with van der Waals surface area (Å²) in [5.41, 5.74) is 7.59. The highest BCUT2D eigenvalue weighted by molar-refractivity contribution is 7.88. The standard InChI is InChI=1S/C14H21N3O3S/c1-10(18)13-9-12(3-4-14(13)15)16-11-5-7-17(8-6-11)21(2,19)20/h3-4,9,11,16H,5-8,15H2,1-2H3. The molecule has 0 saturated carbocycles. The van der Waals surface area contributed by atoms with Gasteiger partial charge in [0.15, 0.2) is 5.78 Å². The van der Waals surface area contributed by atoms with Gasteiger partial charge in [-0.05, 0) is 38.0 Å². The Morgan fingerprint density at radius 3 is 2.48 bits per heavy atom. The topological polar surface area (TPSA) is 92.5 Å². The predicted molar refractivity (Wildman–Crippen MR) is 83.9 cm³/mol. The van der Waals surface area contributed by atoms with E-state index in [1.165, 1.54) is 17.5 Å². The molecule has 21 heavy (non-hydrogen) atoms. The van der Waals surface area contributed by atoms with Crippen LogP contribution in [0.3, 0.4) is 0 Å². The van der Waals surface area contributed by atoms with Gasteiger partial charge in [0, 0.05) is 36.1 Å². The molecule has 2 rings (SSSR count).